The fourth-order valence-corrected chi connectivity index (χ4v) is 2.75. The van der Waals surface area contributed by atoms with Gasteiger partial charge < -0.3 is 15.0 Å². The number of likely N-dealkylation sites (N-methyl/N-ethyl adjacent to an activating group) is 1. The van der Waals surface area contributed by atoms with E-state index in [0.29, 0.717) is 31.0 Å². The van der Waals surface area contributed by atoms with E-state index >= 15 is 0 Å². The summed E-state index contributed by atoms with van der Waals surface area (Å²) in [5, 5.41) is 3.22. The van der Waals surface area contributed by atoms with Crippen LogP contribution in [0.2, 0.25) is 0 Å². The number of nitrogens with zero attached hydrogens (tertiary/aromatic N) is 3. The number of pyridine rings is 2. The zero-order valence-corrected chi connectivity index (χ0v) is 16.1. The molecule has 0 spiro atoms. The number of carbonyl (C=O) groups excluding carboxylic acids is 1. The Morgan fingerprint density at radius 2 is 1.82 bits per heavy atom. The van der Waals surface area contributed by atoms with E-state index < -0.39 is 0 Å². The maximum atomic E-state index is 12.9. The van der Waals surface area contributed by atoms with Crippen molar-refractivity contribution >= 4 is 17.4 Å². The van der Waals surface area contributed by atoms with Crippen LogP contribution in [0.1, 0.15) is 23.0 Å². The first-order chi connectivity index (χ1) is 13.7. The molecule has 3 rings (SSSR count). The van der Waals surface area contributed by atoms with E-state index in [2.05, 4.69) is 15.3 Å². The molecule has 6 nitrogen and oxygen atoms in total. The number of amides is 1. The number of rotatable bonds is 8. The molecule has 0 saturated carbocycles. The van der Waals surface area contributed by atoms with Crippen LogP contribution in [-0.2, 0) is 6.42 Å². The molecule has 0 saturated heterocycles. The SMILES string of the molecule is CCOc1ccc(Nc2ncccc2C(=O)N(C)CCc2ccccn2)cc1. The third kappa shape index (κ3) is 5.07. The second-order valence-electron chi connectivity index (χ2n) is 6.28. The molecule has 144 valence electrons. The van der Waals surface area contributed by atoms with E-state index in [9.17, 15) is 4.79 Å². The number of hydrogen-bond donors (Lipinski definition) is 1. The Morgan fingerprint density at radius 3 is 2.54 bits per heavy atom. The van der Waals surface area contributed by atoms with Gasteiger partial charge in [-0.1, -0.05) is 6.07 Å². The molecule has 0 bridgehead atoms. The molecule has 0 aliphatic heterocycles. The van der Waals surface area contributed by atoms with Gasteiger partial charge in [0.1, 0.15) is 11.6 Å². The Bertz CT molecular complexity index is 898. The molecule has 0 aliphatic rings. The van der Waals surface area contributed by atoms with Gasteiger partial charge in [-0.05, 0) is 55.5 Å². The minimum absolute atomic E-state index is 0.0857. The van der Waals surface area contributed by atoms with Gasteiger partial charge in [-0.25, -0.2) is 4.98 Å². The zero-order chi connectivity index (χ0) is 19.8. The molecule has 1 aromatic carbocycles. The maximum Gasteiger partial charge on any atom is 0.257 e. The van der Waals surface area contributed by atoms with Crippen LogP contribution in [0.25, 0.3) is 0 Å². The normalized spacial score (nSPS) is 10.4. The van der Waals surface area contributed by atoms with Crippen LogP contribution < -0.4 is 10.1 Å². The Balaban J connectivity index is 1.69. The van der Waals surface area contributed by atoms with Crippen LogP contribution in [0, 0.1) is 0 Å². The monoisotopic (exact) mass is 376 g/mol. The van der Waals surface area contributed by atoms with Crippen LogP contribution in [-0.4, -0.2) is 41.0 Å². The van der Waals surface area contributed by atoms with Crippen molar-refractivity contribution in [2.24, 2.45) is 0 Å². The molecular weight excluding hydrogens is 352 g/mol. The van der Waals surface area contributed by atoms with Crippen molar-refractivity contribution in [2.45, 2.75) is 13.3 Å². The smallest absolute Gasteiger partial charge is 0.257 e. The molecule has 6 heteroatoms. The lowest BCUT2D eigenvalue weighted by molar-refractivity contribution is 0.0797. The van der Waals surface area contributed by atoms with Crippen LogP contribution >= 0.6 is 0 Å². The largest absolute Gasteiger partial charge is 0.494 e. The summed E-state index contributed by atoms with van der Waals surface area (Å²) in [4.78, 5) is 23.3. The highest BCUT2D eigenvalue weighted by atomic mass is 16.5. The number of nitrogens with one attached hydrogen (secondary N) is 1. The van der Waals surface area contributed by atoms with Crippen molar-refractivity contribution in [1.82, 2.24) is 14.9 Å². The van der Waals surface area contributed by atoms with E-state index in [4.69, 9.17) is 4.74 Å². The molecule has 0 radical (unpaired) electrons. The first-order valence-corrected chi connectivity index (χ1v) is 9.27. The van der Waals surface area contributed by atoms with Gasteiger partial charge in [0.15, 0.2) is 0 Å². The summed E-state index contributed by atoms with van der Waals surface area (Å²) >= 11 is 0. The molecule has 28 heavy (non-hydrogen) atoms. The highest BCUT2D eigenvalue weighted by Gasteiger charge is 2.17. The average molecular weight is 376 g/mol. The molecule has 1 amide bonds. The number of ether oxygens (including phenoxy) is 1. The summed E-state index contributed by atoms with van der Waals surface area (Å²) < 4.78 is 5.46. The minimum Gasteiger partial charge on any atom is -0.494 e. The highest BCUT2D eigenvalue weighted by Crippen LogP contribution is 2.22. The minimum atomic E-state index is -0.0857. The number of anilines is 2. The van der Waals surface area contributed by atoms with Gasteiger partial charge in [-0.2, -0.15) is 0 Å². The van der Waals surface area contributed by atoms with E-state index in [1.54, 1.807) is 36.5 Å². The molecule has 0 aliphatic carbocycles. The second-order valence-corrected chi connectivity index (χ2v) is 6.28. The molecule has 2 heterocycles. The van der Waals surface area contributed by atoms with E-state index in [-0.39, 0.29) is 5.91 Å². The first kappa shape index (κ1) is 19.4. The van der Waals surface area contributed by atoms with Crippen molar-refractivity contribution < 1.29 is 9.53 Å². The third-order valence-electron chi connectivity index (χ3n) is 4.24. The van der Waals surface area contributed by atoms with Gasteiger partial charge in [0.05, 0.1) is 12.2 Å². The van der Waals surface area contributed by atoms with Gasteiger partial charge >= 0.3 is 0 Å². The first-order valence-electron chi connectivity index (χ1n) is 9.27. The van der Waals surface area contributed by atoms with Crippen LogP contribution in [0.4, 0.5) is 11.5 Å². The highest BCUT2D eigenvalue weighted by molar-refractivity contribution is 5.99. The lowest BCUT2D eigenvalue weighted by Gasteiger charge is -2.19. The van der Waals surface area contributed by atoms with Gasteiger partial charge in [0.25, 0.3) is 5.91 Å². The van der Waals surface area contributed by atoms with Gasteiger partial charge in [-0.3, -0.25) is 9.78 Å². The molecule has 0 unspecified atom stereocenters. The van der Waals surface area contributed by atoms with Crippen molar-refractivity contribution in [2.75, 3.05) is 25.5 Å². The Kier molecular flexibility index (Phi) is 6.57. The van der Waals surface area contributed by atoms with Gasteiger partial charge in [0, 0.05) is 43.8 Å². The predicted molar refractivity (Wildman–Crippen MR) is 110 cm³/mol. The number of aromatic nitrogens is 2. The Hall–Kier alpha value is -3.41. The quantitative estimate of drug-likeness (QED) is 0.645. The zero-order valence-electron chi connectivity index (χ0n) is 16.1. The molecule has 0 fully saturated rings. The van der Waals surface area contributed by atoms with Gasteiger partial charge in [0.2, 0.25) is 0 Å². The number of hydrogen-bond acceptors (Lipinski definition) is 5. The summed E-state index contributed by atoms with van der Waals surface area (Å²) in [6.45, 7) is 3.14. The van der Waals surface area contributed by atoms with Crippen molar-refractivity contribution in [3.8, 4) is 5.75 Å². The standard InChI is InChI=1S/C22H24N4O2/c1-3-28-19-11-9-18(10-12-19)25-21-20(8-6-15-24-21)22(27)26(2)16-13-17-7-4-5-14-23-17/h4-12,14-15H,3,13,16H2,1-2H3,(H,24,25). The summed E-state index contributed by atoms with van der Waals surface area (Å²) in [7, 11) is 1.79. The Morgan fingerprint density at radius 1 is 1.04 bits per heavy atom. The lowest BCUT2D eigenvalue weighted by Crippen LogP contribution is -2.29. The van der Waals surface area contributed by atoms with Crippen LogP contribution in [0.15, 0.2) is 67.0 Å². The predicted octanol–water partition coefficient (Wildman–Crippen LogP) is 3.93. The third-order valence-corrected chi connectivity index (χ3v) is 4.24. The molecular formula is C22H24N4O2. The number of benzene rings is 1. The maximum absolute atomic E-state index is 12.9. The molecule has 3 aromatic rings. The van der Waals surface area contributed by atoms with Crippen molar-refractivity contribution in [3.05, 3.63) is 78.2 Å². The van der Waals surface area contributed by atoms with Crippen LogP contribution in [0.5, 0.6) is 5.75 Å². The topological polar surface area (TPSA) is 67.3 Å². The molecule has 2 aromatic heterocycles. The summed E-state index contributed by atoms with van der Waals surface area (Å²) in [6.07, 6.45) is 4.13. The summed E-state index contributed by atoms with van der Waals surface area (Å²) in [6, 6.07) is 16.9. The van der Waals surface area contributed by atoms with E-state index in [1.807, 2.05) is 49.4 Å². The van der Waals surface area contributed by atoms with E-state index in [0.717, 1.165) is 17.1 Å². The van der Waals surface area contributed by atoms with Crippen molar-refractivity contribution in [1.29, 1.82) is 0 Å². The molecule has 0 atom stereocenters. The summed E-state index contributed by atoms with van der Waals surface area (Å²) in [5.41, 5.74) is 2.33. The summed E-state index contributed by atoms with van der Waals surface area (Å²) in [5.74, 6) is 1.25. The fourth-order valence-electron chi connectivity index (χ4n) is 2.75. The van der Waals surface area contributed by atoms with Gasteiger partial charge in [-0.15, -0.1) is 0 Å². The number of carbonyl (C=O) groups is 1. The van der Waals surface area contributed by atoms with E-state index in [1.165, 1.54) is 0 Å². The second kappa shape index (κ2) is 9.50. The lowest BCUT2D eigenvalue weighted by atomic mass is 10.2. The fraction of sp³-hybridized carbons (Fsp3) is 0.227. The van der Waals surface area contributed by atoms with Crippen molar-refractivity contribution in [3.63, 3.8) is 0 Å². The average Bonchev–Trinajstić information content (AvgIpc) is 2.74. The Labute approximate surface area is 165 Å². The van der Waals surface area contributed by atoms with Crippen LogP contribution in [0.3, 0.4) is 0 Å². The molecule has 1 N–H and O–H groups in total.